The molecule has 0 saturated heterocycles. The quantitative estimate of drug-likeness (QED) is 0.843. The van der Waals surface area contributed by atoms with Crippen molar-refractivity contribution in [2.24, 2.45) is 11.7 Å². The molecule has 0 aromatic heterocycles. The van der Waals surface area contributed by atoms with Gasteiger partial charge in [-0.2, -0.15) is 0 Å². The zero-order valence-electron chi connectivity index (χ0n) is 12.9. The summed E-state index contributed by atoms with van der Waals surface area (Å²) in [6.45, 7) is 2.63. The number of carbonyl (C=O) groups is 1. The highest BCUT2D eigenvalue weighted by atomic mass is 79.9. The minimum absolute atomic E-state index is 0.00600. The molecule has 1 aromatic rings. The summed E-state index contributed by atoms with van der Waals surface area (Å²) in [5.41, 5.74) is 7.00. The number of ether oxygens (including phenoxy) is 1. The van der Waals surface area contributed by atoms with Crippen molar-refractivity contribution < 1.29 is 9.53 Å². The third-order valence-electron chi connectivity index (χ3n) is 4.90. The molecule has 4 nitrogen and oxygen atoms in total. The molecule has 1 fully saturated rings. The number of rotatable bonds is 2. The summed E-state index contributed by atoms with van der Waals surface area (Å²) in [6.07, 6.45) is 4.79. The van der Waals surface area contributed by atoms with Crippen LogP contribution in [0.25, 0.3) is 0 Å². The van der Waals surface area contributed by atoms with Crippen LogP contribution < -0.4 is 15.8 Å². The van der Waals surface area contributed by atoms with Gasteiger partial charge in [0, 0.05) is 22.0 Å². The maximum atomic E-state index is 12.7. The maximum Gasteiger partial charge on any atom is 0.225 e. The van der Waals surface area contributed by atoms with Crippen LogP contribution >= 0.6 is 15.9 Å². The number of nitrogens with one attached hydrogen (secondary N) is 1. The predicted molar refractivity (Wildman–Crippen MR) is 89.7 cm³/mol. The van der Waals surface area contributed by atoms with E-state index < -0.39 is 5.54 Å². The first-order valence-corrected chi connectivity index (χ1v) is 8.78. The molecular weight excluding hydrogens is 344 g/mol. The highest BCUT2D eigenvalue weighted by molar-refractivity contribution is 9.10. The average molecular weight is 367 g/mol. The van der Waals surface area contributed by atoms with E-state index >= 15 is 0 Å². The summed E-state index contributed by atoms with van der Waals surface area (Å²) in [5, 5.41) is 3.21. The van der Waals surface area contributed by atoms with Crippen molar-refractivity contribution in [1.29, 1.82) is 0 Å². The number of hydrogen-bond donors (Lipinski definition) is 2. The SMILES string of the molecule is CC1(N)CCCCC1C(=O)NC1CCOc2ccc(Br)cc21. The Morgan fingerprint density at radius 2 is 2.23 bits per heavy atom. The molecule has 1 aliphatic carbocycles. The minimum atomic E-state index is -0.395. The molecule has 3 unspecified atom stereocenters. The summed E-state index contributed by atoms with van der Waals surface area (Å²) in [4.78, 5) is 12.7. The lowest BCUT2D eigenvalue weighted by Gasteiger charge is -2.38. The molecule has 120 valence electrons. The predicted octanol–water partition coefficient (Wildman–Crippen LogP) is 3.30. The molecule has 1 heterocycles. The Hall–Kier alpha value is -1.07. The number of halogens is 1. The molecule has 1 saturated carbocycles. The molecule has 5 heteroatoms. The molecule has 2 aliphatic rings. The van der Waals surface area contributed by atoms with E-state index in [1.165, 1.54) is 0 Å². The van der Waals surface area contributed by atoms with E-state index in [0.717, 1.165) is 47.9 Å². The van der Waals surface area contributed by atoms with Crippen LogP contribution in [0.1, 0.15) is 50.6 Å². The van der Waals surface area contributed by atoms with Gasteiger partial charge in [-0.25, -0.2) is 0 Å². The summed E-state index contributed by atoms with van der Waals surface area (Å²) >= 11 is 3.49. The van der Waals surface area contributed by atoms with Crippen LogP contribution in [0.3, 0.4) is 0 Å². The highest BCUT2D eigenvalue weighted by Crippen LogP contribution is 2.36. The van der Waals surface area contributed by atoms with Gasteiger partial charge in [-0.15, -0.1) is 0 Å². The summed E-state index contributed by atoms with van der Waals surface area (Å²) in [5.74, 6) is 0.848. The van der Waals surface area contributed by atoms with E-state index in [-0.39, 0.29) is 17.9 Å². The van der Waals surface area contributed by atoms with E-state index in [0.29, 0.717) is 6.61 Å². The molecular formula is C17H23BrN2O2. The third-order valence-corrected chi connectivity index (χ3v) is 5.39. The number of nitrogens with two attached hydrogens (primary N) is 1. The second kappa shape index (κ2) is 6.20. The normalized spacial score (nSPS) is 31.0. The van der Waals surface area contributed by atoms with Crippen molar-refractivity contribution in [2.45, 2.75) is 50.6 Å². The first kappa shape index (κ1) is 15.8. The van der Waals surface area contributed by atoms with E-state index in [1.807, 2.05) is 25.1 Å². The molecule has 22 heavy (non-hydrogen) atoms. The highest BCUT2D eigenvalue weighted by Gasteiger charge is 2.38. The van der Waals surface area contributed by atoms with Gasteiger partial charge in [0.2, 0.25) is 5.91 Å². The number of carbonyl (C=O) groups excluding carboxylic acids is 1. The Labute approximate surface area is 139 Å². The van der Waals surface area contributed by atoms with Crippen LogP contribution in [0.2, 0.25) is 0 Å². The van der Waals surface area contributed by atoms with Gasteiger partial charge in [-0.3, -0.25) is 4.79 Å². The smallest absolute Gasteiger partial charge is 0.225 e. The molecule has 1 amide bonds. The average Bonchev–Trinajstić information content (AvgIpc) is 2.47. The van der Waals surface area contributed by atoms with E-state index in [1.54, 1.807) is 0 Å². The van der Waals surface area contributed by atoms with E-state index in [4.69, 9.17) is 10.5 Å². The lowest BCUT2D eigenvalue weighted by Crippen LogP contribution is -2.53. The Kier molecular flexibility index (Phi) is 4.46. The molecule has 1 aromatic carbocycles. The van der Waals surface area contributed by atoms with Crippen molar-refractivity contribution in [3.63, 3.8) is 0 Å². The van der Waals surface area contributed by atoms with Crippen LogP contribution in [-0.4, -0.2) is 18.1 Å². The van der Waals surface area contributed by atoms with Crippen molar-refractivity contribution in [3.05, 3.63) is 28.2 Å². The van der Waals surface area contributed by atoms with Gasteiger partial charge >= 0.3 is 0 Å². The van der Waals surface area contributed by atoms with Gasteiger partial charge in [0.25, 0.3) is 0 Å². The van der Waals surface area contributed by atoms with Gasteiger partial charge in [0.1, 0.15) is 5.75 Å². The summed E-state index contributed by atoms with van der Waals surface area (Å²) in [7, 11) is 0. The Bertz CT molecular complexity index is 574. The van der Waals surface area contributed by atoms with Gasteiger partial charge < -0.3 is 15.8 Å². The fourth-order valence-corrected chi connectivity index (χ4v) is 3.96. The Morgan fingerprint density at radius 1 is 1.41 bits per heavy atom. The standard InChI is InChI=1S/C17H23BrN2O2/c1-17(19)8-3-2-4-13(17)16(21)20-14-7-9-22-15-6-5-11(18)10-12(14)15/h5-6,10,13-14H,2-4,7-9,19H2,1H3,(H,20,21). The molecule has 0 radical (unpaired) electrons. The van der Waals surface area contributed by atoms with Crippen molar-refractivity contribution in [3.8, 4) is 5.75 Å². The fourth-order valence-electron chi connectivity index (χ4n) is 3.58. The van der Waals surface area contributed by atoms with E-state index in [9.17, 15) is 4.79 Å². The lowest BCUT2D eigenvalue weighted by molar-refractivity contribution is -0.129. The molecule has 0 spiro atoms. The first-order chi connectivity index (χ1) is 10.5. The summed E-state index contributed by atoms with van der Waals surface area (Å²) < 4.78 is 6.68. The zero-order chi connectivity index (χ0) is 15.7. The van der Waals surface area contributed by atoms with Crippen LogP contribution in [-0.2, 0) is 4.79 Å². The molecule has 1 aliphatic heterocycles. The van der Waals surface area contributed by atoms with Gasteiger partial charge in [0.15, 0.2) is 0 Å². The van der Waals surface area contributed by atoms with Crippen molar-refractivity contribution >= 4 is 21.8 Å². The zero-order valence-corrected chi connectivity index (χ0v) is 14.5. The topological polar surface area (TPSA) is 64.4 Å². The Morgan fingerprint density at radius 3 is 3.00 bits per heavy atom. The molecule has 3 N–H and O–H groups in total. The number of fused-ring (bicyclic) bond motifs is 1. The van der Waals surface area contributed by atoms with Crippen molar-refractivity contribution in [1.82, 2.24) is 5.32 Å². The van der Waals surface area contributed by atoms with Crippen LogP contribution in [0.5, 0.6) is 5.75 Å². The monoisotopic (exact) mass is 366 g/mol. The first-order valence-electron chi connectivity index (χ1n) is 7.99. The third kappa shape index (κ3) is 3.15. The maximum absolute atomic E-state index is 12.7. The second-order valence-corrected chi connectivity index (χ2v) is 7.60. The van der Waals surface area contributed by atoms with Crippen molar-refractivity contribution in [2.75, 3.05) is 6.61 Å². The van der Waals surface area contributed by atoms with Gasteiger partial charge in [0.05, 0.1) is 18.6 Å². The summed E-state index contributed by atoms with van der Waals surface area (Å²) in [6, 6.07) is 5.94. The molecule has 0 bridgehead atoms. The number of amides is 1. The fraction of sp³-hybridized carbons (Fsp3) is 0.588. The minimum Gasteiger partial charge on any atom is -0.493 e. The Balaban J connectivity index is 1.77. The van der Waals surface area contributed by atoms with Crippen LogP contribution in [0.4, 0.5) is 0 Å². The van der Waals surface area contributed by atoms with E-state index in [2.05, 4.69) is 21.2 Å². The number of hydrogen-bond acceptors (Lipinski definition) is 3. The van der Waals surface area contributed by atoms with Crippen LogP contribution in [0, 0.1) is 5.92 Å². The number of benzene rings is 1. The van der Waals surface area contributed by atoms with Crippen LogP contribution in [0.15, 0.2) is 22.7 Å². The largest absolute Gasteiger partial charge is 0.493 e. The van der Waals surface area contributed by atoms with Gasteiger partial charge in [-0.1, -0.05) is 28.8 Å². The molecule has 3 atom stereocenters. The molecule has 3 rings (SSSR count). The van der Waals surface area contributed by atoms with Gasteiger partial charge in [-0.05, 0) is 38.0 Å². The lowest BCUT2D eigenvalue weighted by atomic mass is 9.74. The second-order valence-electron chi connectivity index (χ2n) is 6.68.